The first kappa shape index (κ1) is 11.0. The third kappa shape index (κ3) is 2.22. The number of hydrogen-bond donors (Lipinski definition) is 3. The molecule has 1 aromatic carbocycles. The molecule has 0 saturated heterocycles. The van der Waals surface area contributed by atoms with Crippen LogP contribution in [-0.4, -0.2) is 13.0 Å². The molecular formula is C8H12N2O3S. The Bertz CT molecular complexity index is 428. The zero-order valence-electron chi connectivity index (χ0n) is 7.69. The number of anilines is 1. The molecular weight excluding hydrogens is 204 g/mol. The van der Waals surface area contributed by atoms with Crippen molar-refractivity contribution in [2.45, 2.75) is 18.2 Å². The highest BCUT2D eigenvalue weighted by Gasteiger charge is 2.14. The van der Waals surface area contributed by atoms with Gasteiger partial charge >= 0.3 is 0 Å². The Kier molecular flexibility index (Phi) is 3.10. The maximum atomic E-state index is 10.9. The van der Waals surface area contributed by atoms with Crippen molar-refractivity contribution in [1.82, 2.24) is 0 Å². The molecule has 1 aromatic rings. The highest BCUT2D eigenvalue weighted by atomic mass is 32.2. The third-order valence-corrected chi connectivity index (χ3v) is 2.84. The van der Waals surface area contributed by atoms with Gasteiger partial charge in [0.2, 0.25) is 0 Å². The largest absolute Gasteiger partial charge is 0.324 e. The van der Waals surface area contributed by atoms with Crippen LogP contribution in [0.1, 0.15) is 12.5 Å². The van der Waals surface area contributed by atoms with Gasteiger partial charge in [0.05, 0.1) is 4.90 Å². The van der Waals surface area contributed by atoms with Crippen LogP contribution >= 0.6 is 0 Å². The highest BCUT2D eigenvalue weighted by molar-refractivity contribution is 7.85. The lowest BCUT2D eigenvalue weighted by Crippen LogP contribution is -2.09. The van der Waals surface area contributed by atoms with Crippen molar-refractivity contribution in [2.24, 2.45) is 5.84 Å². The summed E-state index contributed by atoms with van der Waals surface area (Å²) >= 11 is 0. The zero-order valence-corrected chi connectivity index (χ0v) is 8.50. The maximum absolute atomic E-state index is 10.9. The van der Waals surface area contributed by atoms with Crippen LogP contribution in [0.25, 0.3) is 0 Å². The molecule has 78 valence electrons. The Balaban J connectivity index is 3.33. The van der Waals surface area contributed by atoms with Crippen molar-refractivity contribution in [1.29, 1.82) is 0 Å². The van der Waals surface area contributed by atoms with Gasteiger partial charge in [0.1, 0.15) is 0 Å². The monoisotopic (exact) mass is 216 g/mol. The molecule has 0 aliphatic heterocycles. The fourth-order valence-corrected chi connectivity index (χ4v) is 1.97. The Morgan fingerprint density at radius 1 is 1.50 bits per heavy atom. The van der Waals surface area contributed by atoms with Gasteiger partial charge in [-0.1, -0.05) is 6.92 Å². The minimum absolute atomic E-state index is 0.0704. The number of nitrogen functional groups attached to an aromatic ring is 1. The normalized spacial score (nSPS) is 11.4. The summed E-state index contributed by atoms with van der Waals surface area (Å²) in [7, 11) is -4.14. The lowest BCUT2D eigenvalue weighted by atomic mass is 10.1. The van der Waals surface area contributed by atoms with Crippen LogP contribution in [0.3, 0.4) is 0 Å². The van der Waals surface area contributed by atoms with Crippen molar-refractivity contribution < 1.29 is 13.0 Å². The first-order chi connectivity index (χ1) is 6.49. The summed E-state index contributed by atoms with van der Waals surface area (Å²) in [6.07, 6.45) is 0.505. The van der Waals surface area contributed by atoms with E-state index in [9.17, 15) is 8.42 Å². The molecule has 0 radical (unpaired) electrons. The quantitative estimate of drug-likeness (QED) is 0.394. The summed E-state index contributed by atoms with van der Waals surface area (Å²) in [6.45, 7) is 1.80. The molecule has 14 heavy (non-hydrogen) atoms. The van der Waals surface area contributed by atoms with Gasteiger partial charge in [-0.05, 0) is 30.2 Å². The Morgan fingerprint density at radius 2 is 2.14 bits per heavy atom. The van der Waals surface area contributed by atoms with Crippen LogP contribution in [0.2, 0.25) is 0 Å². The summed E-state index contributed by atoms with van der Waals surface area (Å²) in [4.78, 5) is -0.0704. The average molecular weight is 216 g/mol. The van der Waals surface area contributed by atoms with Gasteiger partial charge in [-0.15, -0.1) is 0 Å². The summed E-state index contributed by atoms with van der Waals surface area (Å²) in [5, 5.41) is 0. The number of hydrazine groups is 1. The Labute approximate surface area is 82.6 Å². The van der Waals surface area contributed by atoms with E-state index in [4.69, 9.17) is 10.4 Å². The van der Waals surface area contributed by atoms with Crippen molar-refractivity contribution in [3.05, 3.63) is 23.8 Å². The van der Waals surface area contributed by atoms with Crippen LogP contribution in [-0.2, 0) is 16.5 Å². The molecule has 0 aromatic heterocycles. The number of rotatable bonds is 3. The Hall–Kier alpha value is -1.11. The van der Waals surface area contributed by atoms with E-state index < -0.39 is 10.1 Å². The van der Waals surface area contributed by atoms with E-state index in [1.54, 1.807) is 13.0 Å². The minimum atomic E-state index is -4.14. The van der Waals surface area contributed by atoms with Crippen molar-refractivity contribution >= 4 is 15.8 Å². The third-order valence-electron chi connectivity index (χ3n) is 1.89. The predicted octanol–water partition coefficient (Wildman–Crippen LogP) is 0.781. The van der Waals surface area contributed by atoms with E-state index in [0.717, 1.165) is 0 Å². The van der Waals surface area contributed by atoms with E-state index in [1.165, 1.54) is 12.1 Å². The second-order valence-corrected chi connectivity index (χ2v) is 4.19. The molecule has 0 atom stereocenters. The summed E-state index contributed by atoms with van der Waals surface area (Å²) < 4.78 is 30.7. The molecule has 0 fully saturated rings. The first-order valence-corrected chi connectivity index (χ1v) is 5.50. The van der Waals surface area contributed by atoms with Crippen molar-refractivity contribution in [2.75, 3.05) is 5.43 Å². The van der Waals surface area contributed by atoms with Gasteiger partial charge in [0, 0.05) is 5.69 Å². The maximum Gasteiger partial charge on any atom is 0.294 e. The molecule has 0 unspecified atom stereocenters. The minimum Gasteiger partial charge on any atom is -0.324 e. The van der Waals surface area contributed by atoms with Crippen LogP contribution in [0, 0.1) is 0 Å². The van der Waals surface area contributed by atoms with E-state index in [-0.39, 0.29) is 4.90 Å². The van der Waals surface area contributed by atoms with Gasteiger partial charge in [0.15, 0.2) is 0 Å². The SMILES string of the molecule is CCc1cc(NN)ccc1S(=O)(=O)O. The molecule has 0 heterocycles. The molecule has 1 rings (SSSR count). The predicted molar refractivity (Wildman–Crippen MR) is 53.4 cm³/mol. The smallest absolute Gasteiger partial charge is 0.294 e. The van der Waals surface area contributed by atoms with Crippen LogP contribution < -0.4 is 11.3 Å². The van der Waals surface area contributed by atoms with Crippen LogP contribution in [0.15, 0.2) is 23.1 Å². The van der Waals surface area contributed by atoms with E-state index in [1.807, 2.05) is 0 Å². The standard InChI is InChI=1S/C8H12N2O3S/c1-2-6-5-7(10-9)3-4-8(6)14(11,12)13/h3-5,10H,2,9H2,1H3,(H,11,12,13). The molecule has 0 amide bonds. The van der Waals surface area contributed by atoms with Gasteiger partial charge < -0.3 is 5.43 Å². The lowest BCUT2D eigenvalue weighted by molar-refractivity contribution is 0.482. The van der Waals surface area contributed by atoms with Crippen LogP contribution in [0.5, 0.6) is 0 Å². The molecule has 4 N–H and O–H groups in total. The van der Waals surface area contributed by atoms with Gasteiger partial charge in [-0.2, -0.15) is 8.42 Å². The number of hydrogen-bond acceptors (Lipinski definition) is 4. The number of nitrogens with two attached hydrogens (primary N) is 1. The molecule has 0 aliphatic rings. The second kappa shape index (κ2) is 3.95. The van der Waals surface area contributed by atoms with E-state index in [2.05, 4.69) is 5.43 Å². The molecule has 0 bridgehead atoms. The van der Waals surface area contributed by atoms with E-state index >= 15 is 0 Å². The molecule has 5 nitrogen and oxygen atoms in total. The van der Waals surface area contributed by atoms with Crippen molar-refractivity contribution in [3.63, 3.8) is 0 Å². The fourth-order valence-electron chi connectivity index (χ4n) is 1.20. The molecule has 0 spiro atoms. The Morgan fingerprint density at radius 3 is 2.57 bits per heavy atom. The number of nitrogens with one attached hydrogen (secondary N) is 1. The lowest BCUT2D eigenvalue weighted by Gasteiger charge is -2.07. The zero-order chi connectivity index (χ0) is 10.8. The van der Waals surface area contributed by atoms with Crippen molar-refractivity contribution in [3.8, 4) is 0 Å². The second-order valence-electron chi connectivity index (χ2n) is 2.80. The fraction of sp³-hybridized carbons (Fsp3) is 0.250. The topological polar surface area (TPSA) is 92.4 Å². The highest BCUT2D eigenvalue weighted by Crippen LogP contribution is 2.20. The average Bonchev–Trinajstić information content (AvgIpc) is 2.15. The van der Waals surface area contributed by atoms with E-state index in [0.29, 0.717) is 17.7 Å². The first-order valence-electron chi connectivity index (χ1n) is 4.06. The summed E-state index contributed by atoms with van der Waals surface area (Å²) in [5.74, 6) is 5.17. The van der Waals surface area contributed by atoms with Crippen LogP contribution in [0.4, 0.5) is 5.69 Å². The number of aryl methyl sites for hydroxylation is 1. The summed E-state index contributed by atoms with van der Waals surface area (Å²) in [5.41, 5.74) is 3.54. The molecule has 0 aliphatic carbocycles. The van der Waals surface area contributed by atoms with Gasteiger partial charge in [0.25, 0.3) is 10.1 Å². The molecule has 6 heteroatoms. The van der Waals surface area contributed by atoms with Gasteiger partial charge in [-0.25, -0.2) is 0 Å². The number of benzene rings is 1. The van der Waals surface area contributed by atoms with Gasteiger partial charge in [-0.3, -0.25) is 10.4 Å². The molecule has 0 saturated carbocycles. The summed E-state index contributed by atoms with van der Waals surface area (Å²) in [6, 6.07) is 4.40.